The molecule has 0 amide bonds. The first-order valence-corrected chi connectivity index (χ1v) is 5.51. The average Bonchev–Trinajstić information content (AvgIpc) is 2.24. The molecule has 0 fully saturated rings. The van der Waals surface area contributed by atoms with Gasteiger partial charge in [-0.25, -0.2) is 0 Å². The highest BCUT2D eigenvalue weighted by Crippen LogP contribution is 2.15. The zero-order valence-corrected chi connectivity index (χ0v) is 9.81. The van der Waals surface area contributed by atoms with Crippen molar-refractivity contribution in [3.63, 3.8) is 0 Å². The number of halogens is 4. The van der Waals surface area contributed by atoms with Crippen LogP contribution in [0.1, 0.15) is 5.56 Å². The highest BCUT2D eigenvalue weighted by Gasteiger charge is 2.28. The van der Waals surface area contributed by atoms with Crippen LogP contribution in [0.4, 0.5) is 13.2 Å². The lowest BCUT2D eigenvalue weighted by Gasteiger charge is -2.08. The Morgan fingerprint density at radius 3 is 2.35 bits per heavy atom. The Morgan fingerprint density at radius 1 is 1.12 bits per heavy atom. The molecule has 0 aliphatic heterocycles. The SMILES string of the molecule is FC(F)(F)OCCNCCc1ccc(Cl)cc1. The fourth-order valence-corrected chi connectivity index (χ4v) is 1.37. The molecule has 0 aliphatic carbocycles. The molecule has 0 bridgehead atoms. The van der Waals surface area contributed by atoms with Gasteiger partial charge in [-0.1, -0.05) is 23.7 Å². The van der Waals surface area contributed by atoms with Crippen molar-refractivity contribution in [1.29, 1.82) is 0 Å². The van der Waals surface area contributed by atoms with E-state index in [0.29, 0.717) is 11.6 Å². The molecule has 0 radical (unpaired) electrons. The lowest BCUT2D eigenvalue weighted by atomic mass is 10.1. The van der Waals surface area contributed by atoms with E-state index in [1.54, 1.807) is 12.1 Å². The van der Waals surface area contributed by atoms with Crippen molar-refractivity contribution in [3.05, 3.63) is 34.9 Å². The molecule has 0 unspecified atom stereocenters. The van der Waals surface area contributed by atoms with Gasteiger partial charge in [-0.15, -0.1) is 13.2 Å². The van der Waals surface area contributed by atoms with Gasteiger partial charge in [0.05, 0.1) is 6.61 Å². The van der Waals surface area contributed by atoms with E-state index in [1.807, 2.05) is 12.1 Å². The first-order chi connectivity index (χ1) is 7.97. The summed E-state index contributed by atoms with van der Waals surface area (Å²) < 4.78 is 38.4. The van der Waals surface area contributed by atoms with Crippen molar-refractivity contribution in [2.45, 2.75) is 12.8 Å². The lowest BCUT2D eigenvalue weighted by Crippen LogP contribution is -2.25. The van der Waals surface area contributed by atoms with Gasteiger partial charge >= 0.3 is 6.36 Å². The molecular formula is C11H13ClF3NO. The highest BCUT2D eigenvalue weighted by molar-refractivity contribution is 6.30. The van der Waals surface area contributed by atoms with Crippen LogP contribution < -0.4 is 5.32 Å². The zero-order chi connectivity index (χ0) is 12.7. The van der Waals surface area contributed by atoms with E-state index in [1.165, 1.54) is 0 Å². The van der Waals surface area contributed by atoms with Crippen molar-refractivity contribution in [2.75, 3.05) is 19.7 Å². The molecule has 0 atom stereocenters. The van der Waals surface area contributed by atoms with Gasteiger partial charge in [0.15, 0.2) is 0 Å². The zero-order valence-electron chi connectivity index (χ0n) is 9.06. The monoisotopic (exact) mass is 267 g/mol. The van der Waals surface area contributed by atoms with Crippen molar-refractivity contribution in [2.24, 2.45) is 0 Å². The number of rotatable bonds is 6. The fourth-order valence-electron chi connectivity index (χ4n) is 1.25. The van der Waals surface area contributed by atoms with E-state index < -0.39 is 6.36 Å². The molecule has 1 aromatic carbocycles. The van der Waals surface area contributed by atoms with Gasteiger partial charge < -0.3 is 5.32 Å². The lowest BCUT2D eigenvalue weighted by molar-refractivity contribution is -0.323. The third-order valence-corrected chi connectivity index (χ3v) is 2.30. The molecule has 0 spiro atoms. The molecule has 1 N–H and O–H groups in total. The van der Waals surface area contributed by atoms with Crippen LogP contribution in [0.3, 0.4) is 0 Å². The minimum Gasteiger partial charge on any atom is -0.314 e. The standard InChI is InChI=1S/C11H13ClF3NO/c12-10-3-1-9(2-4-10)5-6-16-7-8-17-11(13,14)15/h1-4,16H,5-8H2. The molecule has 0 heterocycles. The van der Waals surface area contributed by atoms with Crippen LogP contribution in [-0.2, 0) is 11.2 Å². The maximum absolute atomic E-state index is 11.6. The van der Waals surface area contributed by atoms with Crippen LogP contribution in [0.5, 0.6) is 0 Å². The summed E-state index contributed by atoms with van der Waals surface area (Å²) in [5, 5.41) is 3.53. The Morgan fingerprint density at radius 2 is 1.76 bits per heavy atom. The van der Waals surface area contributed by atoms with E-state index in [2.05, 4.69) is 10.1 Å². The quantitative estimate of drug-likeness (QED) is 0.800. The van der Waals surface area contributed by atoms with Crippen LogP contribution in [0.2, 0.25) is 5.02 Å². The van der Waals surface area contributed by atoms with E-state index in [-0.39, 0.29) is 13.2 Å². The molecule has 0 aromatic heterocycles. The third kappa shape index (κ3) is 7.20. The number of nitrogens with one attached hydrogen (secondary N) is 1. The van der Waals surface area contributed by atoms with E-state index >= 15 is 0 Å². The molecule has 96 valence electrons. The number of alkyl halides is 3. The maximum Gasteiger partial charge on any atom is 0.522 e. The molecule has 17 heavy (non-hydrogen) atoms. The molecule has 0 saturated heterocycles. The first kappa shape index (κ1) is 14.3. The van der Waals surface area contributed by atoms with Crippen LogP contribution in [0.25, 0.3) is 0 Å². The summed E-state index contributed by atoms with van der Waals surface area (Å²) in [4.78, 5) is 0. The van der Waals surface area contributed by atoms with Gasteiger partial charge in [0.2, 0.25) is 0 Å². The van der Waals surface area contributed by atoms with E-state index in [0.717, 1.165) is 12.0 Å². The van der Waals surface area contributed by atoms with Crippen LogP contribution in [0, 0.1) is 0 Å². The number of hydrogen-bond acceptors (Lipinski definition) is 2. The number of ether oxygens (including phenoxy) is 1. The predicted octanol–water partition coefficient (Wildman–Crippen LogP) is 3.01. The summed E-state index contributed by atoms with van der Waals surface area (Å²) in [6, 6.07) is 7.33. The molecule has 1 aromatic rings. The Bertz CT molecular complexity index is 326. The largest absolute Gasteiger partial charge is 0.522 e. The summed E-state index contributed by atoms with van der Waals surface area (Å²) in [6.45, 7) is 0.403. The second kappa shape index (κ2) is 6.83. The van der Waals surface area contributed by atoms with Gasteiger partial charge in [-0.3, -0.25) is 4.74 Å². The van der Waals surface area contributed by atoms with Crippen LogP contribution >= 0.6 is 11.6 Å². The molecule has 0 aliphatic rings. The smallest absolute Gasteiger partial charge is 0.314 e. The molecule has 0 saturated carbocycles. The second-order valence-corrected chi connectivity index (χ2v) is 3.86. The van der Waals surface area contributed by atoms with Gasteiger partial charge in [0, 0.05) is 11.6 Å². The Hall–Kier alpha value is -0.780. The van der Waals surface area contributed by atoms with Crippen molar-refractivity contribution < 1.29 is 17.9 Å². The average molecular weight is 268 g/mol. The summed E-state index contributed by atoms with van der Waals surface area (Å²) in [5.74, 6) is 0. The topological polar surface area (TPSA) is 21.3 Å². The second-order valence-electron chi connectivity index (χ2n) is 3.42. The van der Waals surface area contributed by atoms with Crippen molar-refractivity contribution in [3.8, 4) is 0 Å². The van der Waals surface area contributed by atoms with E-state index in [9.17, 15) is 13.2 Å². The summed E-state index contributed by atoms with van der Waals surface area (Å²) in [7, 11) is 0. The fraction of sp³-hybridized carbons (Fsp3) is 0.455. The summed E-state index contributed by atoms with van der Waals surface area (Å²) >= 11 is 5.72. The van der Waals surface area contributed by atoms with Crippen LogP contribution in [0.15, 0.2) is 24.3 Å². The van der Waals surface area contributed by atoms with Gasteiger partial charge in [0.25, 0.3) is 0 Å². The summed E-state index contributed by atoms with van der Waals surface area (Å²) in [6.07, 6.45) is -3.80. The molecular weight excluding hydrogens is 255 g/mol. The maximum atomic E-state index is 11.6. The minimum absolute atomic E-state index is 0.174. The number of benzene rings is 1. The Labute approximate surface area is 103 Å². The molecule has 6 heteroatoms. The predicted molar refractivity (Wildman–Crippen MR) is 60.0 cm³/mol. The van der Waals surface area contributed by atoms with Crippen molar-refractivity contribution >= 4 is 11.6 Å². The third-order valence-electron chi connectivity index (χ3n) is 2.05. The first-order valence-electron chi connectivity index (χ1n) is 5.13. The van der Waals surface area contributed by atoms with Crippen molar-refractivity contribution in [1.82, 2.24) is 5.32 Å². The highest BCUT2D eigenvalue weighted by atomic mass is 35.5. The molecule has 1 rings (SSSR count). The van der Waals surface area contributed by atoms with Gasteiger partial charge in [-0.05, 0) is 30.7 Å². The van der Waals surface area contributed by atoms with Gasteiger partial charge in [0.1, 0.15) is 0 Å². The van der Waals surface area contributed by atoms with Crippen LogP contribution in [-0.4, -0.2) is 26.1 Å². The summed E-state index contributed by atoms with van der Waals surface area (Å²) in [5.41, 5.74) is 1.08. The molecule has 2 nitrogen and oxygen atoms in total. The number of hydrogen-bond donors (Lipinski definition) is 1. The minimum atomic E-state index is -4.54. The normalized spacial score (nSPS) is 11.8. The Kier molecular flexibility index (Phi) is 5.74. The van der Waals surface area contributed by atoms with E-state index in [4.69, 9.17) is 11.6 Å². The van der Waals surface area contributed by atoms with Gasteiger partial charge in [-0.2, -0.15) is 0 Å². The Balaban J connectivity index is 2.07.